The molecule has 0 aromatic heterocycles. The molecular formula is C19H14ClN3O3S2. The predicted octanol–water partition coefficient (Wildman–Crippen LogP) is 4.26. The van der Waals surface area contributed by atoms with Gasteiger partial charge in [-0.1, -0.05) is 41.6 Å². The van der Waals surface area contributed by atoms with Gasteiger partial charge in [0.1, 0.15) is 16.7 Å². The zero-order chi connectivity index (χ0) is 19.7. The maximum atomic E-state index is 12.8. The molecule has 2 heterocycles. The largest absolute Gasteiger partial charge is 0.490 e. The molecule has 3 amide bonds. The number of carbonyl (C=O) groups is 2. The van der Waals surface area contributed by atoms with Crippen LogP contribution in [0.25, 0.3) is 6.08 Å². The molecule has 28 heavy (non-hydrogen) atoms. The molecule has 0 atom stereocenters. The number of urea groups is 1. The van der Waals surface area contributed by atoms with Crippen molar-refractivity contribution in [1.82, 2.24) is 5.32 Å². The summed E-state index contributed by atoms with van der Waals surface area (Å²) in [4.78, 5) is 26.8. The lowest BCUT2D eigenvalue weighted by atomic mass is 10.1. The maximum absolute atomic E-state index is 12.8. The van der Waals surface area contributed by atoms with Gasteiger partial charge >= 0.3 is 6.03 Å². The van der Waals surface area contributed by atoms with Crippen molar-refractivity contribution >= 4 is 69.3 Å². The van der Waals surface area contributed by atoms with Gasteiger partial charge in [-0.25, -0.2) is 4.79 Å². The summed E-state index contributed by atoms with van der Waals surface area (Å²) in [6, 6.07) is 12.1. The number of amides is 3. The van der Waals surface area contributed by atoms with Crippen molar-refractivity contribution in [3.63, 3.8) is 0 Å². The number of rotatable bonds is 2. The van der Waals surface area contributed by atoms with E-state index >= 15 is 0 Å². The van der Waals surface area contributed by atoms with E-state index in [1.807, 2.05) is 12.1 Å². The molecule has 0 bridgehead atoms. The Morgan fingerprint density at radius 3 is 2.79 bits per heavy atom. The molecule has 4 rings (SSSR count). The minimum Gasteiger partial charge on any atom is -0.490 e. The molecule has 6 nitrogen and oxygen atoms in total. The fourth-order valence-corrected chi connectivity index (χ4v) is 4.00. The van der Waals surface area contributed by atoms with Gasteiger partial charge in [0.2, 0.25) is 0 Å². The first kappa shape index (κ1) is 18.8. The molecule has 2 aromatic rings. The Morgan fingerprint density at radius 2 is 2.07 bits per heavy atom. The van der Waals surface area contributed by atoms with Gasteiger partial charge in [-0.3, -0.25) is 9.69 Å². The van der Waals surface area contributed by atoms with Gasteiger partial charge in [-0.2, -0.15) is 0 Å². The number of halogens is 1. The standard InChI is InChI=1S/C19H14ClN3O3S2/c20-12-2-4-13(5-3-12)21-18(25)23-7-8-26-15-6-1-11(9-14(15)23)10-16-17(24)22-19(27)28-16/h1-6,9-10H,7-8H2,(H,21,25)(H,22,24,27). The Morgan fingerprint density at radius 1 is 1.29 bits per heavy atom. The van der Waals surface area contributed by atoms with Crippen LogP contribution in [-0.2, 0) is 4.79 Å². The molecule has 0 aliphatic carbocycles. The van der Waals surface area contributed by atoms with E-state index in [4.69, 9.17) is 28.6 Å². The third kappa shape index (κ3) is 3.99. The number of thiocarbonyl (C=S) groups is 1. The van der Waals surface area contributed by atoms with Crippen molar-refractivity contribution in [2.45, 2.75) is 0 Å². The van der Waals surface area contributed by atoms with E-state index < -0.39 is 0 Å². The van der Waals surface area contributed by atoms with Crippen molar-refractivity contribution in [2.24, 2.45) is 0 Å². The van der Waals surface area contributed by atoms with Gasteiger partial charge in [0.25, 0.3) is 5.91 Å². The van der Waals surface area contributed by atoms with Crippen LogP contribution in [0.1, 0.15) is 5.56 Å². The molecule has 2 aliphatic rings. The average molecular weight is 432 g/mol. The molecule has 0 radical (unpaired) electrons. The van der Waals surface area contributed by atoms with Gasteiger partial charge in [-0.05, 0) is 48.0 Å². The van der Waals surface area contributed by atoms with E-state index in [0.29, 0.717) is 44.5 Å². The normalized spacial score (nSPS) is 17.2. The van der Waals surface area contributed by atoms with Crippen LogP contribution in [0.2, 0.25) is 5.02 Å². The fourth-order valence-electron chi connectivity index (χ4n) is 2.83. The van der Waals surface area contributed by atoms with Crippen LogP contribution >= 0.6 is 35.6 Å². The number of thioether (sulfide) groups is 1. The number of anilines is 2. The minimum absolute atomic E-state index is 0.221. The first-order chi connectivity index (χ1) is 13.5. The number of nitrogens with zero attached hydrogens (tertiary/aromatic N) is 1. The lowest BCUT2D eigenvalue weighted by molar-refractivity contribution is -0.115. The molecular weight excluding hydrogens is 418 g/mol. The van der Waals surface area contributed by atoms with Crippen LogP contribution in [0.4, 0.5) is 16.2 Å². The molecule has 1 fully saturated rings. The second-order valence-electron chi connectivity index (χ2n) is 6.02. The van der Waals surface area contributed by atoms with Gasteiger partial charge < -0.3 is 15.4 Å². The number of nitrogens with one attached hydrogen (secondary N) is 2. The summed E-state index contributed by atoms with van der Waals surface area (Å²) < 4.78 is 6.10. The highest BCUT2D eigenvalue weighted by Gasteiger charge is 2.25. The number of hydrogen-bond acceptors (Lipinski definition) is 5. The van der Waals surface area contributed by atoms with Crippen LogP contribution in [0.5, 0.6) is 5.75 Å². The van der Waals surface area contributed by atoms with Crippen molar-refractivity contribution in [2.75, 3.05) is 23.4 Å². The van der Waals surface area contributed by atoms with Crippen LogP contribution in [0.3, 0.4) is 0 Å². The Bertz CT molecular complexity index is 1010. The molecule has 2 aromatic carbocycles. The van der Waals surface area contributed by atoms with E-state index in [-0.39, 0.29) is 11.9 Å². The topological polar surface area (TPSA) is 70.7 Å². The predicted molar refractivity (Wildman–Crippen MR) is 116 cm³/mol. The third-order valence-electron chi connectivity index (χ3n) is 4.13. The summed E-state index contributed by atoms with van der Waals surface area (Å²) in [6.07, 6.45) is 1.74. The molecule has 2 aliphatic heterocycles. The van der Waals surface area contributed by atoms with Gasteiger partial charge in [0.05, 0.1) is 17.1 Å². The number of hydrogen-bond donors (Lipinski definition) is 2. The van der Waals surface area contributed by atoms with Crippen molar-refractivity contribution < 1.29 is 14.3 Å². The summed E-state index contributed by atoms with van der Waals surface area (Å²) in [6.45, 7) is 0.805. The molecule has 2 N–H and O–H groups in total. The second-order valence-corrected chi connectivity index (χ2v) is 8.17. The molecule has 1 saturated heterocycles. The highest BCUT2D eigenvalue weighted by molar-refractivity contribution is 8.26. The Labute approximate surface area is 175 Å². The van der Waals surface area contributed by atoms with E-state index in [2.05, 4.69) is 10.6 Å². The van der Waals surface area contributed by atoms with E-state index in [1.165, 1.54) is 11.8 Å². The van der Waals surface area contributed by atoms with Crippen molar-refractivity contribution in [3.05, 3.63) is 58.0 Å². The van der Waals surface area contributed by atoms with Crippen molar-refractivity contribution in [1.29, 1.82) is 0 Å². The zero-order valence-corrected chi connectivity index (χ0v) is 16.8. The van der Waals surface area contributed by atoms with Crippen LogP contribution in [-0.4, -0.2) is 29.4 Å². The number of fused-ring (bicyclic) bond motifs is 1. The van der Waals surface area contributed by atoms with E-state index in [1.54, 1.807) is 41.3 Å². The van der Waals surface area contributed by atoms with Crippen LogP contribution in [0, 0.1) is 0 Å². The Hall–Kier alpha value is -2.55. The highest BCUT2D eigenvalue weighted by atomic mass is 35.5. The summed E-state index contributed by atoms with van der Waals surface area (Å²) >= 11 is 12.1. The molecule has 0 saturated carbocycles. The first-order valence-electron chi connectivity index (χ1n) is 8.35. The summed E-state index contributed by atoms with van der Waals surface area (Å²) in [5, 5.41) is 6.04. The number of benzene rings is 2. The third-order valence-corrected chi connectivity index (χ3v) is 5.54. The Balaban J connectivity index is 1.60. The SMILES string of the molecule is O=C1NC(=S)SC1=Cc1ccc2c(c1)N(C(=O)Nc1ccc(Cl)cc1)CCO2. The second kappa shape index (κ2) is 7.83. The quantitative estimate of drug-likeness (QED) is 0.549. The summed E-state index contributed by atoms with van der Waals surface area (Å²) in [5.41, 5.74) is 2.06. The van der Waals surface area contributed by atoms with Crippen LogP contribution < -0.4 is 20.3 Å². The van der Waals surface area contributed by atoms with Crippen LogP contribution in [0.15, 0.2) is 47.4 Å². The lowest BCUT2D eigenvalue weighted by Crippen LogP contribution is -2.40. The zero-order valence-electron chi connectivity index (χ0n) is 14.4. The lowest BCUT2D eigenvalue weighted by Gasteiger charge is -2.30. The van der Waals surface area contributed by atoms with E-state index in [9.17, 15) is 9.59 Å². The average Bonchev–Trinajstić information content (AvgIpc) is 3.00. The fraction of sp³-hybridized carbons (Fsp3) is 0.105. The van der Waals surface area contributed by atoms with Gasteiger partial charge in [-0.15, -0.1) is 0 Å². The minimum atomic E-state index is -0.272. The Kier molecular flexibility index (Phi) is 5.25. The highest BCUT2D eigenvalue weighted by Crippen LogP contribution is 2.35. The molecule has 142 valence electrons. The molecule has 9 heteroatoms. The molecule has 0 spiro atoms. The van der Waals surface area contributed by atoms with Gasteiger partial charge in [0.15, 0.2) is 0 Å². The smallest absolute Gasteiger partial charge is 0.326 e. The van der Waals surface area contributed by atoms with Crippen molar-refractivity contribution in [3.8, 4) is 5.75 Å². The number of carbonyl (C=O) groups excluding carboxylic acids is 2. The number of ether oxygens (including phenoxy) is 1. The van der Waals surface area contributed by atoms with E-state index in [0.717, 1.165) is 5.56 Å². The monoisotopic (exact) mass is 431 g/mol. The molecule has 0 unspecified atom stereocenters. The first-order valence-corrected chi connectivity index (χ1v) is 9.96. The summed E-state index contributed by atoms with van der Waals surface area (Å²) in [7, 11) is 0. The summed E-state index contributed by atoms with van der Waals surface area (Å²) in [5.74, 6) is 0.389. The van der Waals surface area contributed by atoms with Gasteiger partial charge in [0, 0.05) is 10.7 Å². The maximum Gasteiger partial charge on any atom is 0.326 e.